The highest BCUT2D eigenvalue weighted by Crippen LogP contribution is 2.28. The molecular formula is C30H21Cl2N7O. The molecule has 4 aromatic carbocycles. The van der Waals surface area contributed by atoms with E-state index in [1.165, 1.54) is 0 Å². The minimum absolute atomic E-state index is 0.365. The summed E-state index contributed by atoms with van der Waals surface area (Å²) in [6.45, 7) is 0. The zero-order valence-electron chi connectivity index (χ0n) is 20.8. The maximum atomic E-state index is 6.03. The number of anilines is 6. The van der Waals surface area contributed by atoms with Gasteiger partial charge in [-0.2, -0.15) is 15.0 Å². The van der Waals surface area contributed by atoms with Crippen molar-refractivity contribution in [2.75, 3.05) is 16.0 Å². The van der Waals surface area contributed by atoms with E-state index in [4.69, 9.17) is 27.7 Å². The molecule has 0 fully saturated rings. The first-order valence-electron chi connectivity index (χ1n) is 12.3. The number of halogens is 2. The van der Waals surface area contributed by atoms with Crippen molar-refractivity contribution >= 4 is 58.1 Å². The van der Waals surface area contributed by atoms with Gasteiger partial charge in [0.05, 0.1) is 0 Å². The summed E-state index contributed by atoms with van der Waals surface area (Å²) in [6.07, 6.45) is 0. The Labute approximate surface area is 240 Å². The summed E-state index contributed by atoms with van der Waals surface area (Å²) in [5, 5.41) is 15.2. The lowest BCUT2D eigenvalue weighted by Gasteiger charge is -2.12. The Morgan fingerprint density at radius 1 is 0.500 bits per heavy atom. The van der Waals surface area contributed by atoms with E-state index in [1.54, 1.807) is 12.1 Å². The van der Waals surface area contributed by atoms with Crippen LogP contribution in [0.15, 0.2) is 114 Å². The van der Waals surface area contributed by atoms with Gasteiger partial charge in [0.1, 0.15) is 5.69 Å². The summed E-state index contributed by atoms with van der Waals surface area (Å²) in [4.78, 5) is 13.6. The van der Waals surface area contributed by atoms with Gasteiger partial charge < -0.3 is 20.5 Å². The van der Waals surface area contributed by atoms with Crippen molar-refractivity contribution in [2.45, 2.75) is 0 Å². The minimum atomic E-state index is 0.365. The van der Waals surface area contributed by atoms with Crippen LogP contribution in [0.25, 0.3) is 22.6 Å². The van der Waals surface area contributed by atoms with E-state index in [0.717, 1.165) is 33.9 Å². The Balaban J connectivity index is 1.23. The summed E-state index contributed by atoms with van der Waals surface area (Å²) < 4.78 is 5.54. The van der Waals surface area contributed by atoms with Crippen molar-refractivity contribution in [2.24, 2.45) is 0 Å². The van der Waals surface area contributed by atoms with Crippen LogP contribution in [0, 0.1) is 0 Å². The van der Waals surface area contributed by atoms with Crippen molar-refractivity contribution in [3.05, 3.63) is 119 Å². The number of nitrogens with one attached hydrogen (secondary N) is 3. The van der Waals surface area contributed by atoms with Gasteiger partial charge >= 0.3 is 0 Å². The van der Waals surface area contributed by atoms with Crippen molar-refractivity contribution in [3.63, 3.8) is 0 Å². The molecule has 0 amide bonds. The summed E-state index contributed by atoms with van der Waals surface area (Å²) in [5.74, 6) is 1.78. The van der Waals surface area contributed by atoms with Crippen molar-refractivity contribution < 1.29 is 4.52 Å². The summed E-state index contributed by atoms with van der Waals surface area (Å²) in [6, 6.07) is 34.0. The Hall–Kier alpha value is -4.92. The maximum absolute atomic E-state index is 6.03. The second-order valence-electron chi connectivity index (χ2n) is 8.71. The highest BCUT2D eigenvalue weighted by atomic mass is 35.5. The van der Waals surface area contributed by atoms with Gasteiger partial charge in [-0.3, -0.25) is 0 Å². The largest absolute Gasteiger partial charge is 0.356 e. The molecule has 0 aliphatic carbocycles. The van der Waals surface area contributed by atoms with Gasteiger partial charge in [0.25, 0.3) is 0 Å². The fourth-order valence-electron chi connectivity index (χ4n) is 3.87. The first-order valence-corrected chi connectivity index (χ1v) is 13.0. The molecule has 6 rings (SSSR count). The molecule has 0 unspecified atom stereocenters. The van der Waals surface area contributed by atoms with Gasteiger partial charge in [-0.05, 0) is 72.8 Å². The van der Waals surface area contributed by atoms with Crippen LogP contribution in [-0.2, 0) is 0 Å². The van der Waals surface area contributed by atoms with Crippen LogP contribution < -0.4 is 16.0 Å². The number of hydrogen-bond donors (Lipinski definition) is 3. The molecule has 0 aliphatic heterocycles. The highest BCUT2D eigenvalue weighted by molar-refractivity contribution is 6.30. The second kappa shape index (κ2) is 11.4. The molecular weight excluding hydrogens is 545 g/mol. The lowest BCUT2D eigenvalue weighted by molar-refractivity contribution is 0.435. The Morgan fingerprint density at radius 2 is 0.950 bits per heavy atom. The number of rotatable bonds is 8. The topological polar surface area (TPSA) is 101 Å². The SMILES string of the molecule is Clc1ccc(Nc2nc(Nc3ccccc3)nc(Nc3ccc(-c4cc(-c5ccc(Cl)cc5)on4)cc3)n2)cc1. The number of para-hydroxylation sites is 1. The van der Waals surface area contributed by atoms with E-state index < -0.39 is 0 Å². The molecule has 0 atom stereocenters. The summed E-state index contributed by atoms with van der Waals surface area (Å²) in [5.41, 5.74) is 4.97. The monoisotopic (exact) mass is 565 g/mol. The van der Waals surface area contributed by atoms with E-state index in [2.05, 4.69) is 36.1 Å². The van der Waals surface area contributed by atoms with Gasteiger partial charge in [-0.15, -0.1) is 0 Å². The number of benzene rings is 4. The third kappa shape index (κ3) is 6.20. The standard InChI is InChI=1S/C30H21Cl2N7O/c31-21-10-6-20(7-11-21)27-18-26(39-40-27)19-8-14-24(15-9-19)34-29-36-28(33-23-4-2-1-3-5-23)37-30(38-29)35-25-16-12-22(32)13-17-25/h1-18H,(H3,33,34,35,36,37,38). The van der Waals surface area contributed by atoms with Crippen LogP contribution in [-0.4, -0.2) is 20.1 Å². The molecule has 3 N–H and O–H groups in total. The van der Waals surface area contributed by atoms with Gasteiger partial charge in [0, 0.05) is 44.3 Å². The van der Waals surface area contributed by atoms with Crippen LogP contribution in [0.5, 0.6) is 0 Å². The molecule has 2 aromatic heterocycles. The molecule has 0 radical (unpaired) electrons. The van der Waals surface area contributed by atoms with Crippen LogP contribution in [0.1, 0.15) is 0 Å². The summed E-state index contributed by atoms with van der Waals surface area (Å²) in [7, 11) is 0. The van der Waals surface area contributed by atoms with Gasteiger partial charge in [-0.25, -0.2) is 0 Å². The average Bonchev–Trinajstić information content (AvgIpc) is 3.46. The van der Waals surface area contributed by atoms with E-state index in [1.807, 2.05) is 97.1 Å². The molecule has 0 spiro atoms. The molecule has 2 heterocycles. The fraction of sp³-hybridized carbons (Fsp3) is 0. The zero-order chi connectivity index (χ0) is 27.3. The molecule has 0 bridgehead atoms. The van der Waals surface area contributed by atoms with Gasteiger partial charge in [-0.1, -0.05) is 58.7 Å². The molecule has 40 heavy (non-hydrogen) atoms. The normalized spacial score (nSPS) is 10.8. The number of nitrogens with zero attached hydrogens (tertiary/aromatic N) is 4. The summed E-state index contributed by atoms with van der Waals surface area (Å²) >= 11 is 12.0. The fourth-order valence-corrected chi connectivity index (χ4v) is 4.12. The third-order valence-electron chi connectivity index (χ3n) is 5.84. The van der Waals surface area contributed by atoms with E-state index in [9.17, 15) is 0 Å². The molecule has 0 aliphatic rings. The smallest absolute Gasteiger partial charge is 0.233 e. The van der Waals surface area contributed by atoms with Crippen molar-refractivity contribution in [3.8, 4) is 22.6 Å². The Bertz CT molecular complexity index is 1720. The maximum Gasteiger partial charge on any atom is 0.233 e. The van der Waals surface area contributed by atoms with Crippen molar-refractivity contribution in [1.29, 1.82) is 0 Å². The molecule has 6 aromatic rings. The number of aromatic nitrogens is 4. The van der Waals surface area contributed by atoms with Crippen molar-refractivity contribution in [1.82, 2.24) is 20.1 Å². The first-order chi connectivity index (χ1) is 19.6. The molecule has 8 nitrogen and oxygen atoms in total. The quantitative estimate of drug-likeness (QED) is 0.168. The molecule has 0 saturated carbocycles. The van der Waals surface area contributed by atoms with Crippen LogP contribution in [0.3, 0.4) is 0 Å². The van der Waals surface area contributed by atoms with Crippen LogP contribution >= 0.6 is 23.2 Å². The molecule has 10 heteroatoms. The minimum Gasteiger partial charge on any atom is -0.356 e. The second-order valence-corrected chi connectivity index (χ2v) is 9.59. The van der Waals surface area contributed by atoms with E-state index in [-0.39, 0.29) is 0 Å². The third-order valence-corrected chi connectivity index (χ3v) is 6.35. The van der Waals surface area contributed by atoms with Crippen LogP contribution in [0.4, 0.5) is 34.9 Å². The van der Waals surface area contributed by atoms with Gasteiger partial charge in [0.2, 0.25) is 17.8 Å². The van der Waals surface area contributed by atoms with E-state index in [0.29, 0.717) is 33.7 Å². The highest BCUT2D eigenvalue weighted by Gasteiger charge is 2.11. The molecule has 196 valence electrons. The predicted octanol–water partition coefficient (Wildman–Crippen LogP) is 8.73. The molecule has 0 saturated heterocycles. The van der Waals surface area contributed by atoms with Crippen LogP contribution in [0.2, 0.25) is 10.0 Å². The zero-order valence-corrected chi connectivity index (χ0v) is 22.4. The predicted molar refractivity (Wildman–Crippen MR) is 160 cm³/mol. The lowest BCUT2D eigenvalue weighted by atomic mass is 10.1. The Kier molecular flexibility index (Phi) is 7.26. The lowest BCUT2D eigenvalue weighted by Crippen LogP contribution is -2.07. The van der Waals surface area contributed by atoms with E-state index >= 15 is 0 Å². The first kappa shape index (κ1) is 25.4. The number of hydrogen-bond acceptors (Lipinski definition) is 8. The average molecular weight is 566 g/mol. The Morgan fingerprint density at radius 3 is 1.50 bits per heavy atom. The van der Waals surface area contributed by atoms with Gasteiger partial charge in [0.15, 0.2) is 5.76 Å².